The molecule has 2 nitrogen and oxygen atoms in total. The highest BCUT2D eigenvalue weighted by Crippen LogP contribution is 2.13. The molecule has 0 saturated heterocycles. The summed E-state index contributed by atoms with van der Waals surface area (Å²) in [6.07, 6.45) is 23.3. The fourth-order valence-electron chi connectivity index (χ4n) is 2.92. The molecule has 0 atom stereocenters. The van der Waals surface area contributed by atoms with Gasteiger partial charge in [0.2, 0.25) is 0 Å². The summed E-state index contributed by atoms with van der Waals surface area (Å²) in [5, 5.41) is 8.74. The molecule has 1 N–H and O–H groups in total. The normalized spacial score (nSPS) is 11.8. The number of hydrogen-bond donors (Lipinski definition) is 1. The predicted octanol–water partition coefficient (Wildman–Crippen LogP) is 7.28. The van der Waals surface area contributed by atoms with Crippen molar-refractivity contribution in [2.75, 3.05) is 0 Å². The SMILES string of the molecule is CCCCCCCCCCCCCCCCC/C=C(\C)C(=O)O. The number of carboxylic acid groups (broad SMARTS) is 1. The van der Waals surface area contributed by atoms with Gasteiger partial charge in [0.25, 0.3) is 0 Å². The predicted molar refractivity (Wildman–Crippen MR) is 101 cm³/mol. The average molecular weight is 325 g/mol. The Morgan fingerprint density at radius 1 is 0.696 bits per heavy atom. The van der Waals surface area contributed by atoms with Gasteiger partial charge in [-0.3, -0.25) is 0 Å². The summed E-state index contributed by atoms with van der Waals surface area (Å²) in [7, 11) is 0. The van der Waals surface area contributed by atoms with E-state index in [-0.39, 0.29) is 0 Å². The van der Waals surface area contributed by atoms with E-state index in [4.69, 9.17) is 5.11 Å². The first-order chi connectivity index (χ1) is 11.2. The fraction of sp³-hybridized carbons (Fsp3) is 0.857. The third kappa shape index (κ3) is 17.4. The smallest absolute Gasteiger partial charge is 0.330 e. The zero-order valence-corrected chi connectivity index (χ0v) is 15.7. The lowest BCUT2D eigenvalue weighted by Crippen LogP contribution is -1.95. The summed E-state index contributed by atoms with van der Waals surface area (Å²) in [6, 6.07) is 0. The van der Waals surface area contributed by atoms with Crippen LogP contribution in [0.5, 0.6) is 0 Å². The highest BCUT2D eigenvalue weighted by atomic mass is 16.4. The maximum atomic E-state index is 10.6. The number of hydrogen-bond acceptors (Lipinski definition) is 1. The third-order valence-corrected chi connectivity index (χ3v) is 4.60. The van der Waals surface area contributed by atoms with Crippen LogP contribution in [0, 0.1) is 0 Å². The first kappa shape index (κ1) is 22.2. The van der Waals surface area contributed by atoms with Crippen LogP contribution in [-0.4, -0.2) is 11.1 Å². The van der Waals surface area contributed by atoms with Gasteiger partial charge in [-0.15, -0.1) is 0 Å². The van der Waals surface area contributed by atoms with E-state index < -0.39 is 5.97 Å². The lowest BCUT2D eigenvalue weighted by Gasteiger charge is -2.03. The van der Waals surface area contributed by atoms with E-state index >= 15 is 0 Å². The molecule has 0 aliphatic rings. The molecule has 0 aromatic carbocycles. The molecular weight excluding hydrogens is 284 g/mol. The zero-order chi connectivity index (χ0) is 17.2. The van der Waals surface area contributed by atoms with E-state index in [0.29, 0.717) is 5.57 Å². The number of allylic oxidation sites excluding steroid dienone is 1. The van der Waals surface area contributed by atoms with Crippen LogP contribution in [0.4, 0.5) is 0 Å². The number of carbonyl (C=O) groups is 1. The van der Waals surface area contributed by atoms with Crippen molar-refractivity contribution in [3.05, 3.63) is 11.6 Å². The molecule has 0 rings (SSSR count). The summed E-state index contributed by atoms with van der Waals surface area (Å²) >= 11 is 0. The van der Waals surface area contributed by atoms with Crippen LogP contribution in [0.15, 0.2) is 11.6 Å². The van der Waals surface area contributed by atoms with Crippen LogP contribution in [-0.2, 0) is 4.79 Å². The zero-order valence-electron chi connectivity index (χ0n) is 15.7. The lowest BCUT2D eigenvalue weighted by atomic mass is 10.0. The number of unbranched alkanes of at least 4 members (excludes halogenated alkanes) is 15. The third-order valence-electron chi connectivity index (χ3n) is 4.60. The molecule has 0 bridgehead atoms. The maximum Gasteiger partial charge on any atom is 0.330 e. The van der Waals surface area contributed by atoms with Crippen LogP contribution < -0.4 is 0 Å². The van der Waals surface area contributed by atoms with E-state index in [1.165, 1.54) is 89.9 Å². The summed E-state index contributed by atoms with van der Waals surface area (Å²) in [5.74, 6) is -0.786. The molecule has 0 spiro atoms. The van der Waals surface area contributed by atoms with Gasteiger partial charge < -0.3 is 5.11 Å². The van der Waals surface area contributed by atoms with E-state index in [9.17, 15) is 4.79 Å². The highest BCUT2D eigenvalue weighted by Gasteiger charge is 1.98. The van der Waals surface area contributed by atoms with Crippen LogP contribution >= 0.6 is 0 Å². The Morgan fingerprint density at radius 3 is 1.39 bits per heavy atom. The summed E-state index contributed by atoms with van der Waals surface area (Å²) in [5.41, 5.74) is 0.482. The number of rotatable bonds is 17. The van der Waals surface area contributed by atoms with Crippen LogP contribution in [0.3, 0.4) is 0 Å². The van der Waals surface area contributed by atoms with Crippen molar-refractivity contribution >= 4 is 5.97 Å². The Labute approximate surface area is 144 Å². The van der Waals surface area contributed by atoms with E-state index in [2.05, 4.69) is 6.92 Å². The van der Waals surface area contributed by atoms with Gasteiger partial charge in [-0.25, -0.2) is 4.79 Å². The molecule has 136 valence electrons. The molecule has 0 aromatic rings. The molecule has 2 heteroatoms. The molecule has 0 heterocycles. The van der Waals surface area contributed by atoms with Gasteiger partial charge >= 0.3 is 5.97 Å². The van der Waals surface area contributed by atoms with Crippen molar-refractivity contribution in [1.29, 1.82) is 0 Å². The Morgan fingerprint density at radius 2 is 1.04 bits per heavy atom. The van der Waals surface area contributed by atoms with Gasteiger partial charge in [0.05, 0.1) is 0 Å². The van der Waals surface area contributed by atoms with E-state index in [1.54, 1.807) is 6.92 Å². The summed E-state index contributed by atoms with van der Waals surface area (Å²) in [4.78, 5) is 10.6. The quantitative estimate of drug-likeness (QED) is 0.225. The number of aliphatic carboxylic acids is 1. The molecule has 0 aliphatic heterocycles. The van der Waals surface area contributed by atoms with Crippen molar-refractivity contribution in [1.82, 2.24) is 0 Å². The van der Waals surface area contributed by atoms with E-state index in [0.717, 1.165) is 12.8 Å². The van der Waals surface area contributed by atoms with Crippen molar-refractivity contribution in [3.8, 4) is 0 Å². The van der Waals surface area contributed by atoms with Gasteiger partial charge in [-0.05, 0) is 19.8 Å². The minimum atomic E-state index is -0.786. The molecule has 0 radical (unpaired) electrons. The molecule has 0 amide bonds. The van der Waals surface area contributed by atoms with Gasteiger partial charge in [0.1, 0.15) is 0 Å². The van der Waals surface area contributed by atoms with Crippen LogP contribution in [0.1, 0.15) is 117 Å². The Bertz CT molecular complexity index is 294. The second-order valence-electron chi connectivity index (χ2n) is 6.93. The Kier molecular flexibility index (Phi) is 17.0. The van der Waals surface area contributed by atoms with Crippen LogP contribution in [0.25, 0.3) is 0 Å². The summed E-state index contributed by atoms with van der Waals surface area (Å²) in [6.45, 7) is 3.95. The average Bonchev–Trinajstić information content (AvgIpc) is 2.54. The molecule has 0 aromatic heterocycles. The topological polar surface area (TPSA) is 37.3 Å². The minimum Gasteiger partial charge on any atom is -0.478 e. The van der Waals surface area contributed by atoms with Crippen LogP contribution in [0.2, 0.25) is 0 Å². The second kappa shape index (κ2) is 17.6. The Balaban J connectivity index is 3.11. The van der Waals surface area contributed by atoms with Gasteiger partial charge in [-0.2, -0.15) is 0 Å². The van der Waals surface area contributed by atoms with Crippen molar-refractivity contribution in [2.24, 2.45) is 0 Å². The van der Waals surface area contributed by atoms with Gasteiger partial charge in [0, 0.05) is 5.57 Å². The first-order valence-electron chi connectivity index (χ1n) is 10.1. The number of carboxylic acids is 1. The largest absolute Gasteiger partial charge is 0.478 e. The van der Waals surface area contributed by atoms with Crippen molar-refractivity contribution in [3.63, 3.8) is 0 Å². The lowest BCUT2D eigenvalue weighted by molar-refractivity contribution is -0.132. The highest BCUT2D eigenvalue weighted by molar-refractivity contribution is 5.85. The molecule has 0 fully saturated rings. The van der Waals surface area contributed by atoms with Crippen molar-refractivity contribution < 1.29 is 9.90 Å². The van der Waals surface area contributed by atoms with Gasteiger partial charge in [-0.1, -0.05) is 103 Å². The van der Waals surface area contributed by atoms with Gasteiger partial charge in [0.15, 0.2) is 0 Å². The van der Waals surface area contributed by atoms with E-state index in [1.807, 2.05) is 6.08 Å². The standard InChI is InChI=1S/C21H40O2/c1-3-4-5-6-7-8-9-10-11-12-13-14-15-16-17-18-19-20(2)21(22)23/h19H,3-18H2,1-2H3,(H,22,23)/b20-19+. The molecule has 23 heavy (non-hydrogen) atoms. The molecule has 0 aliphatic carbocycles. The monoisotopic (exact) mass is 324 g/mol. The Hall–Kier alpha value is -0.790. The first-order valence-corrected chi connectivity index (χ1v) is 10.1. The summed E-state index contributed by atoms with van der Waals surface area (Å²) < 4.78 is 0. The second-order valence-corrected chi connectivity index (χ2v) is 6.93. The minimum absolute atomic E-state index is 0.482. The molecular formula is C21H40O2. The maximum absolute atomic E-state index is 10.6. The molecule has 0 unspecified atom stereocenters. The fourth-order valence-corrected chi connectivity index (χ4v) is 2.92. The van der Waals surface area contributed by atoms with Crippen molar-refractivity contribution in [2.45, 2.75) is 117 Å². The molecule has 0 saturated carbocycles.